The van der Waals surface area contributed by atoms with Crippen LogP contribution in [0, 0.1) is 12.8 Å². The maximum atomic E-state index is 4.52. The van der Waals surface area contributed by atoms with E-state index in [4.69, 9.17) is 0 Å². The van der Waals surface area contributed by atoms with Crippen LogP contribution in [0.25, 0.3) is 0 Å². The lowest BCUT2D eigenvalue weighted by Crippen LogP contribution is -2.15. The van der Waals surface area contributed by atoms with Gasteiger partial charge in [-0.1, -0.05) is 0 Å². The smallest absolute Gasteiger partial charge is 0.0540 e. The van der Waals surface area contributed by atoms with Crippen molar-refractivity contribution in [1.29, 1.82) is 0 Å². The molecule has 0 aromatic carbocycles. The minimum Gasteiger partial charge on any atom is -0.313 e. The van der Waals surface area contributed by atoms with Gasteiger partial charge in [-0.25, -0.2) is 0 Å². The number of rotatable bonds is 4. The zero-order valence-corrected chi connectivity index (χ0v) is 10.1. The largest absolute Gasteiger partial charge is 0.313 e. The van der Waals surface area contributed by atoms with Gasteiger partial charge in [-0.05, 0) is 46.6 Å². The molecule has 0 amide bonds. The zero-order valence-electron chi connectivity index (χ0n) is 10.1. The molecule has 1 saturated carbocycles. The van der Waals surface area contributed by atoms with Gasteiger partial charge in [0.05, 0.1) is 12.2 Å². The van der Waals surface area contributed by atoms with Crippen molar-refractivity contribution in [2.45, 2.75) is 45.7 Å². The Hall–Kier alpha value is -0.830. The Balaban J connectivity index is 2.22. The SMILES string of the molecule is CNC(C)c1cnn(C(C)C2CC2)c1C. The molecule has 0 radical (unpaired) electrons. The maximum absolute atomic E-state index is 4.52. The van der Waals surface area contributed by atoms with Crippen molar-refractivity contribution >= 4 is 0 Å². The van der Waals surface area contributed by atoms with Gasteiger partial charge < -0.3 is 5.32 Å². The summed E-state index contributed by atoms with van der Waals surface area (Å²) in [6.07, 6.45) is 4.75. The third kappa shape index (κ3) is 1.93. The number of hydrogen-bond donors (Lipinski definition) is 1. The van der Waals surface area contributed by atoms with Gasteiger partial charge in [0.15, 0.2) is 0 Å². The minimum atomic E-state index is 0.394. The van der Waals surface area contributed by atoms with E-state index in [1.54, 1.807) is 0 Å². The topological polar surface area (TPSA) is 29.9 Å². The summed E-state index contributed by atoms with van der Waals surface area (Å²) in [5.41, 5.74) is 2.64. The van der Waals surface area contributed by atoms with E-state index in [1.807, 2.05) is 13.2 Å². The molecule has 15 heavy (non-hydrogen) atoms. The molecule has 1 heterocycles. The quantitative estimate of drug-likeness (QED) is 0.822. The summed E-state index contributed by atoms with van der Waals surface area (Å²) in [6, 6.07) is 0.966. The third-order valence-electron chi connectivity index (χ3n) is 3.67. The first-order chi connectivity index (χ1) is 7.15. The van der Waals surface area contributed by atoms with Gasteiger partial charge in [-0.3, -0.25) is 4.68 Å². The molecule has 0 spiro atoms. The van der Waals surface area contributed by atoms with Crippen LogP contribution in [0.15, 0.2) is 6.20 Å². The number of nitrogens with zero attached hydrogens (tertiary/aromatic N) is 2. The van der Waals surface area contributed by atoms with Crippen LogP contribution in [0.4, 0.5) is 0 Å². The summed E-state index contributed by atoms with van der Waals surface area (Å²) in [4.78, 5) is 0. The first-order valence-corrected chi connectivity index (χ1v) is 5.86. The van der Waals surface area contributed by atoms with E-state index in [9.17, 15) is 0 Å². The summed E-state index contributed by atoms with van der Waals surface area (Å²) >= 11 is 0. The Labute approximate surface area is 91.9 Å². The Morgan fingerprint density at radius 1 is 1.47 bits per heavy atom. The molecular weight excluding hydrogens is 186 g/mol. The van der Waals surface area contributed by atoms with Crippen LogP contribution in [-0.4, -0.2) is 16.8 Å². The highest BCUT2D eigenvalue weighted by Gasteiger charge is 2.30. The summed E-state index contributed by atoms with van der Waals surface area (Å²) in [5.74, 6) is 0.862. The fraction of sp³-hybridized carbons (Fsp3) is 0.750. The summed E-state index contributed by atoms with van der Waals surface area (Å²) < 4.78 is 2.20. The highest BCUT2D eigenvalue weighted by atomic mass is 15.3. The second kappa shape index (κ2) is 3.97. The van der Waals surface area contributed by atoms with Gasteiger partial charge in [0, 0.05) is 17.3 Å². The predicted octanol–water partition coefficient (Wildman–Crippen LogP) is 2.44. The zero-order chi connectivity index (χ0) is 11.0. The highest BCUT2D eigenvalue weighted by molar-refractivity contribution is 5.20. The molecule has 1 aromatic rings. The fourth-order valence-electron chi connectivity index (χ4n) is 2.21. The average Bonchev–Trinajstić information content (AvgIpc) is 3.00. The van der Waals surface area contributed by atoms with Gasteiger partial charge in [0.25, 0.3) is 0 Å². The van der Waals surface area contributed by atoms with Crippen molar-refractivity contribution in [3.8, 4) is 0 Å². The molecule has 1 fully saturated rings. The van der Waals surface area contributed by atoms with E-state index in [0.29, 0.717) is 12.1 Å². The fourth-order valence-corrected chi connectivity index (χ4v) is 2.21. The van der Waals surface area contributed by atoms with Crippen molar-refractivity contribution in [3.63, 3.8) is 0 Å². The lowest BCUT2D eigenvalue weighted by molar-refractivity contribution is 0.430. The molecule has 1 aliphatic carbocycles. The lowest BCUT2D eigenvalue weighted by atomic mass is 10.1. The second-order valence-corrected chi connectivity index (χ2v) is 4.72. The average molecular weight is 207 g/mol. The van der Waals surface area contributed by atoms with E-state index >= 15 is 0 Å². The number of nitrogens with one attached hydrogen (secondary N) is 1. The van der Waals surface area contributed by atoms with Crippen LogP contribution in [0.2, 0.25) is 0 Å². The number of hydrogen-bond acceptors (Lipinski definition) is 2. The first-order valence-electron chi connectivity index (χ1n) is 5.86. The van der Waals surface area contributed by atoms with Crippen molar-refractivity contribution < 1.29 is 0 Å². The van der Waals surface area contributed by atoms with E-state index in [1.165, 1.54) is 24.1 Å². The minimum absolute atomic E-state index is 0.394. The van der Waals surface area contributed by atoms with Crippen LogP contribution < -0.4 is 5.32 Å². The Kier molecular flexibility index (Phi) is 2.83. The maximum Gasteiger partial charge on any atom is 0.0540 e. The Morgan fingerprint density at radius 2 is 2.13 bits per heavy atom. The van der Waals surface area contributed by atoms with Gasteiger partial charge >= 0.3 is 0 Å². The lowest BCUT2D eigenvalue weighted by Gasteiger charge is -2.15. The van der Waals surface area contributed by atoms with Crippen molar-refractivity contribution in [1.82, 2.24) is 15.1 Å². The summed E-state index contributed by atoms with van der Waals surface area (Å²) in [7, 11) is 1.99. The van der Waals surface area contributed by atoms with Crippen LogP contribution >= 0.6 is 0 Å². The van der Waals surface area contributed by atoms with E-state index in [-0.39, 0.29) is 0 Å². The second-order valence-electron chi connectivity index (χ2n) is 4.72. The molecule has 0 aliphatic heterocycles. The van der Waals surface area contributed by atoms with Crippen molar-refractivity contribution in [2.24, 2.45) is 5.92 Å². The molecule has 84 valence electrons. The predicted molar refractivity (Wildman–Crippen MR) is 61.9 cm³/mol. The molecule has 1 N–H and O–H groups in total. The molecule has 1 aliphatic rings. The van der Waals surface area contributed by atoms with E-state index in [2.05, 4.69) is 35.9 Å². The van der Waals surface area contributed by atoms with Crippen LogP contribution in [-0.2, 0) is 0 Å². The van der Waals surface area contributed by atoms with Crippen molar-refractivity contribution in [2.75, 3.05) is 7.05 Å². The highest BCUT2D eigenvalue weighted by Crippen LogP contribution is 2.40. The monoisotopic (exact) mass is 207 g/mol. The summed E-state index contributed by atoms with van der Waals surface area (Å²) in [5, 5.41) is 7.79. The molecule has 2 rings (SSSR count). The normalized spacial score (nSPS) is 20.3. The molecule has 0 bridgehead atoms. The molecule has 2 unspecified atom stereocenters. The van der Waals surface area contributed by atoms with Gasteiger partial charge in [-0.2, -0.15) is 5.10 Å². The molecule has 1 aromatic heterocycles. The first kappa shape index (κ1) is 10.7. The molecule has 3 heteroatoms. The molecule has 2 atom stereocenters. The van der Waals surface area contributed by atoms with Gasteiger partial charge in [0.1, 0.15) is 0 Å². The van der Waals surface area contributed by atoms with Crippen LogP contribution in [0.5, 0.6) is 0 Å². The van der Waals surface area contributed by atoms with E-state index in [0.717, 1.165) is 5.92 Å². The Bertz CT molecular complexity index is 339. The summed E-state index contributed by atoms with van der Waals surface area (Å²) in [6.45, 7) is 6.64. The van der Waals surface area contributed by atoms with Crippen LogP contribution in [0.3, 0.4) is 0 Å². The molecule has 0 saturated heterocycles. The Morgan fingerprint density at radius 3 is 2.67 bits per heavy atom. The van der Waals surface area contributed by atoms with Crippen molar-refractivity contribution in [3.05, 3.63) is 17.5 Å². The number of aromatic nitrogens is 2. The van der Waals surface area contributed by atoms with E-state index < -0.39 is 0 Å². The standard InChI is InChI=1S/C12H21N3/c1-8(13-4)12-7-14-15(10(12)3)9(2)11-5-6-11/h7-9,11,13H,5-6H2,1-4H3. The van der Waals surface area contributed by atoms with Gasteiger partial charge in [-0.15, -0.1) is 0 Å². The third-order valence-corrected chi connectivity index (χ3v) is 3.67. The van der Waals surface area contributed by atoms with Gasteiger partial charge in [0.2, 0.25) is 0 Å². The van der Waals surface area contributed by atoms with Crippen LogP contribution in [0.1, 0.15) is 50.0 Å². The molecular formula is C12H21N3. The molecule has 3 nitrogen and oxygen atoms in total.